The van der Waals surface area contributed by atoms with Gasteiger partial charge in [0.1, 0.15) is 5.76 Å². The number of nitrogens with two attached hydrogens (primary N) is 1. The molecule has 8 nitrogen and oxygen atoms in total. The minimum Gasteiger partial charge on any atom is -0.467 e. The lowest BCUT2D eigenvalue weighted by Crippen LogP contribution is -2.25. The van der Waals surface area contributed by atoms with Crippen molar-refractivity contribution in [3.8, 4) is 0 Å². The van der Waals surface area contributed by atoms with Gasteiger partial charge in [0.25, 0.3) is 11.5 Å². The van der Waals surface area contributed by atoms with E-state index in [0.717, 1.165) is 11.8 Å². The molecule has 0 unspecified atom stereocenters. The second kappa shape index (κ2) is 8.88. The third-order valence-electron chi connectivity index (χ3n) is 4.52. The van der Waals surface area contributed by atoms with Crippen molar-refractivity contribution in [2.24, 2.45) is 5.73 Å². The van der Waals surface area contributed by atoms with Gasteiger partial charge in [0.2, 0.25) is 5.91 Å². The summed E-state index contributed by atoms with van der Waals surface area (Å²) in [5, 5.41) is 3.56. The highest BCUT2D eigenvalue weighted by Gasteiger charge is 2.16. The molecule has 0 radical (unpaired) electrons. The van der Waals surface area contributed by atoms with Crippen LogP contribution in [0.1, 0.15) is 16.1 Å². The molecule has 0 bridgehead atoms. The number of fused-ring (bicyclic) bond motifs is 1. The second-order valence-electron chi connectivity index (χ2n) is 6.63. The molecule has 4 aromatic rings. The van der Waals surface area contributed by atoms with Crippen LogP contribution in [-0.2, 0) is 11.3 Å². The number of nitrogens with zero attached hydrogens (tertiary/aromatic N) is 2. The van der Waals surface area contributed by atoms with Gasteiger partial charge in [0.15, 0.2) is 5.16 Å². The highest BCUT2D eigenvalue weighted by Crippen LogP contribution is 2.20. The molecule has 0 aliphatic heterocycles. The van der Waals surface area contributed by atoms with E-state index in [0.29, 0.717) is 27.5 Å². The van der Waals surface area contributed by atoms with Crippen molar-refractivity contribution in [1.82, 2.24) is 9.55 Å². The maximum atomic E-state index is 13.0. The fraction of sp³-hybridized carbons (Fsp3) is 0.0909. The Morgan fingerprint density at radius 3 is 2.61 bits per heavy atom. The summed E-state index contributed by atoms with van der Waals surface area (Å²) in [6, 6.07) is 17.0. The number of amides is 2. The molecule has 0 spiro atoms. The topological polar surface area (TPSA) is 120 Å². The summed E-state index contributed by atoms with van der Waals surface area (Å²) in [6.07, 6.45) is 1.53. The number of carbonyl (C=O) groups excluding carboxylic acids is 2. The molecule has 0 saturated heterocycles. The second-order valence-corrected chi connectivity index (χ2v) is 7.57. The van der Waals surface area contributed by atoms with Crippen LogP contribution in [0.4, 0.5) is 5.69 Å². The predicted molar refractivity (Wildman–Crippen MR) is 118 cm³/mol. The van der Waals surface area contributed by atoms with Crippen LogP contribution in [0.5, 0.6) is 0 Å². The van der Waals surface area contributed by atoms with Gasteiger partial charge in [-0.1, -0.05) is 36.0 Å². The Labute approximate surface area is 181 Å². The molecule has 0 atom stereocenters. The van der Waals surface area contributed by atoms with Gasteiger partial charge in [-0.15, -0.1) is 0 Å². The lowest BCUT2D eigenvalue weighted by Gasteiger charge is -2.12. The lowest BCUT2D eigenvalue weighted by molar-refractivity contribution is -0.113. The molecule has 2 amide bonds. The zero-order valence-corrected chi connectivity index (χ0v) is 17.1. The number of anilines is 1. The fourth-order valence-corrected chi connectivity index (χ4v) is 3.88. The van der Waals surface area contributed by atoms with E-state index >= 15 is 0 Å². The van der Waals surface area contributed by atoms with E-state index in [1.807, 2.05) is 0 Å². The van der Waals surface area contributed by atoms with Gasteiger partial charge < -0.3 is 15.5 Å². The zero-order valence-electron chi connectivity index (χ0n) is 16.3. The Hall–Kier alpha value is -3.85. The Morgan fingerprint density at radius 2 is 1.84 bits per heavy atom. The maximum absolute atomic E-state index is 13.0. The molecule has 9 heteroatoms. The summed E-state index contributed by atoms with van der Waals surface area (Å²) in [7, 11) is 0. The quantitative estimate of drug-likeness (QED) is 0.341. The molecule has 156 valence electrons. The predicted octanol–water partition coefficient (Wildman–Crippen LogP) is 2.87. The molecule has 2 aromatic heterocycles. The van der Waals surface area contributed by atoms with Crippen molar-refractivity contribution >= 4 is 40.2 Å². The minimum atomic E-state index is -0.632. The van der Waals surface area contributed by atoms with Crippen LogP contribution >= 0.6 is 11.8 Å². The Balaban J connectivity index is 1.60. The number of carbonyl (C=O) groups is 2. The van der Waals surface area contributed by atoms with Crippen molar-refractivity contribution in [3.05, 3.63) is 88.6 Å². The molecule has 31 heavy (non-hydrogen) atoms. The van der Waals surface area contributed by atoms with Crippen molar-refractivity contribution in [2.45, 2.75) is 11.7 Å². The van der Waals surface area contributed by atoms with E-state index in [2.05, 4.69) is 10.3 Å². The number of benzene rings is 2. The SMILES string of the molecule is NC(=O)c1ccccc1NC(=O)CSc1nc2ccccc2c(=O)n1Cc1ccco1. The molecule has 0 aliphatic carbocycles. The first-order chi connectivity index (χ1) is 15.0. The minimum absolute atomic E-state index is 0.0178. The van der Waals surface area contributed by atoms with Crippen LogP contribution in [0, 0.1) is 0 Å². The fourth-order valence-electron chi connectivity index (χ4n) is 3.08. The van der Waals surface area contributed by atoms with Crippen LogP contribution < -0.4 is 16.6 Å². The average molecular weight is 434 g/mol. The summed E-state index contributed by atoms with van der Waals surface area (Å²) in [6.45, 7) is 0.193. The van der Waals surface area contributed by atoms with Crippen molar-refractivity contribution in [1.29, 1.82) is 0 Å². The summed E-state index contributed by atoms with van der Waals surface area (Å²) >= 11 is 1.12. The van der Waals surface area contributed by atoms with E-state index in [4.69, 9.17) is 10.2 Å². The number of hydrogen-bond acceptors (Lipinski definition) is 6. The van der Waals surface area contributed by atoms with Crippen molar-refractivity contribution in [3.63, 3.8) is 0 Å². The summed E-state index contributed by atoms with van der Waals surface area (Å²) < 4.78 is 6.86. The molecule has 2 aromatic carbocycles. The van der Waals surface area contributed by atoms with E-state index in [1.54, 1.807) is 54.6 Å². The molecule has 0 saturated carbocycles. The van der Waals surface area contributed by atoms with Gasteiger partial charge in [0, 0.05) is 0 Å². The van der Waals surface area contributed by atoms with Gasteiger partial charge in [0.05, 0.1) is 40.7 Å². The molecule has 2 heterocycles. The van der Waals surface area contributed by atoms with Gasteiger partial charge in [-0.2, -0.15) is 0 Å². The van der Waals surface area contributed by atoms with Crippen LogP contribution in [0.2, 0.25) is 0 Å². The van der Waals surface area contributed by atoms with Crippen LogP contribution in [0.3, 0.4) is 0 Å². The number of furan rings is 1. The van der Waals surface area contributed by atoms with E-state index < -0.39 is 5.91 Å². The Kier molecular flexibility index (Phi) is 5.85. The first-order valence-electron chi connectivity index (χ1n) is 9.36. The highest BCUT2D eigenvalue weighted by atomic mass is 32.2. The van der Waals surface area contributed by atoms with E-state index in [1.165, 1.54) is 16.9 Å². The van der Waals surface area contributed by atoms with Gasteiger partial charge >= 0.3 is 0 Å². The standard InChI is InChI=1S/C22H18N4O4S/c23-20(28)15-7-1-3-9-17(15)24-19(27)13-31-22-25-18-10-4-2-8-16(18)21(29)26(22)12-14-6-5-11-30-14/h1-11H,12-13H2,(H2,23,28)(H,24,27). The largest absolute Gasteiger partial charge is 0.467 e. The molecule has 0 fully saturated rings. The smallest absolute Gasteiger partial charge is 0.262 e. The van der Waals surface area contributed by atoms with Crippen molar-refractivity contribution < 1.29 is 14.0 Å². The van der Waals surface area contributed by atoms with Gasteiger partial charge in [-0.05, 0) is 36.4 Å². The number of nitrogens with one attached hydrogen (secondary N) is 1. The molecule has 3 N–H and O–H groups in total. The first-order valence-corrected chi connectivity index (χ1v) is 10.3. The highest BCUT2D eigenvalue weighted by molar-refractivity contribution is 7.99. The first kappa shape index (κ1) is 20.4. The van der Waals surface area contributed by atoms with Crippen LogP contribution in [0.25, 0.3) is 10.9 Å². The van der Waals surface area contributed by atoms with E-state index in [-0.39, 0.29) is 29.3 Å². The van der Waals surface area contributed by atoms with Crippen LogP contribution in [0.15, 0.2) is 81.3 Å². The molecule has 4 rings (SSSR count). The third kappa shape index (κ3) is 4.51. The monoisotopic (exact) mass is 434 g/mol. The molecule has 0 aliphatic rings. The molecular formula is C22H18N4O4S. The number of thioether (sulfide) groups is 1. The number of para-hydroxylation sites is 2. The Bertz CT molecular complexity index is 1310. The summed E-state index contributed by atoms with van der Waals surface area (Å²) in [5.41, 5.74) is 6.24. The summed E-state index contributed by atoms with van der Waals surface area (Å²) in [5.74, 6) is -0.408. The summed E-state index contributed by atoms with van der Waals surface area (Å²) in [4.78, 5) is 41.7. The maximum Gasteiger partial charge on any atom is 0.262 e. The number of aromatic nitrogens is 2. The van der Waals surface area contributed by atoms with E-state index in [9.17, 15) is 14.4 Å². The number of rotatable bonds is 7. The van der Waals surface area contributed by atoms with Gasteiger partial charge in [-0.3, -0.25) is 19.0 Å². The number of hydrogen-bond donors (Lipinski definition) is 2. The normalized spacial score (nSPS) is 10.8. The molecular weight excluding hydrogens is 416 g/mol. The zero-order chi connectivity index (χ0) is 21.8. The van der Waals surface area contributed by atoms with Crippen molar-refractivity contribution in [2.75, 3.05) is 11.1 Å². The Morgan fingerprint density at radius 1 is 1.06 bits per heavy atom. The van der Waals surface area contributed by atoms with Crippen LogP contribution in [-0.4, -0.2) is 27.1 Å². The third-order valence-corrected chi connectivity index (χ3v) is 5.50. The van der Waals surface area contributed by atoms with Gasteiger partial charge in [-0.25, -0.2) is 4.98 Å². The average Bonchev–Trinajstić information content (AvgIpc) is 3.28. The number of primary amides is 1. The lowest BCUT2D eigenvalue weighted by atomic mass is 10.1.